The number of hydrogen-bond donors (Lipinski definition) is 4. The van der Waals surface area contributed by atoms with E-state index < -0.39 is 16.4 Å². The highest BCUT2D eigenvalue weighted by Crippen LogP contribution is 2.49. The van der Waals surface area contributed by atoms with Gasteiger partial charge in [-0.05, 0) is 67.6 Å². The Morgan fingerprint density at radius 2 is 1.56 bits per heavy atom. The third-order valence-corrected chi connectivity index (χ3v) is 5.18. The lowest BCUT2D eigenvalue weighted by atomic mass is 10.0. The van der Waals surface area contributed by atoms with E-state index in [1.165, 1.54) is 0 Å². The third kappa shape index (κ3) is 2.83. The van der Waals surface area contributed by atoms with Gasteiger partial charge in [0.1, 0.15) is 22.9 Å². The van der Waals surface area contributed by atoms with Crippen LogP contribution in [0.5, 0.6) is 11.5 Å². The first kappa shape index (κ1) is 17.1. The molecule has 0 atom stereocenters. The summed E-state index contributed by atoms with van der Waals surface area (Å²) < 4.78 is 0. The van der Waals surface area contributed by atoms with Crippen LogP contribution in [0.1, 0.15) is 29.5 Å². The van der Waals surface area contributed by atoms with Crippen LogP contribution in [0.2, 0.25) is 0 Å². The van der Waals surface area contributed by atoms with Crippen LogP contribution >= 0.6 is 0 Å². The Morgan fingerprint density at radius 3 is 2.15 bits per heavy atom. The minimum atomic E-state index is -0.562. The lowest BCUT2D eigenvalue weighted by molar-refractivity contribution is 0.467. The zero-order valence-electron chi connectivity index (χ0n) is 15.1. The fourth-order valence-corrected chi connectivity index (χ4v) is 3.46. The number of hydrogen-bond acceptors (Lipinski definition) is 6. The van der Waals surface area contributed by atoms with Gasteiger partial charge in [0.05, 0.1) is 5.54 Å². The number of benzene rings is 2. The van der Waals surface area contributed by atoms with E-state index in [4.69, 9.17) is 0 Å². The molecule has 1 saturated carbocycles. The molecule has 0 bridgehead atoms. The fraction of sp³-hybridized carbons (Fsp3) is 0.238. The molecule has 1 aliphatic rings. The number of aromatic hydroxyl groups is 2. The summed E-state index contributed by atoms with van der Waals surface area (Å²) in [6.45, 7) is 3.55. The summed E-state index contributed by atoms with van der Waals surface area (Å²) in [6.07, 6.45) is 1.62. The zero-order chi connectivity index (χ0) is 19.3. The summed E-state index contributed by atoms with van der Waals surface area (Å²) in [7, 11) is 0. The second-order valence-electron chi connectivity index (χ2n) is 7.25. The lowest BCUT2D eigenvalue weighted by Crippen LogP contribution is -2.39. The molecule has 0 saturated heterocycles. The Balaban J connectivity index is 1.64. The molecule has 1 fully saturated rings. The Kier molecular flexibility index (Phi) is 3.73. The van der Waals surface area contributed by atoms with Crippen molar-refractivity contribution >= 4 is 17.1 Å². The topological polar surface area (TPSA) is 98.7 Å². The van der Waals surface area contributed by atoms with E-state index in [0.717, 1.165) is 18.4 Å². The van der Waals surface area contributed by atoms with Gasteiger partial charge in [-0.3, -0.25) is 9.59 Å². The molecule has 138 valence electrons. The predicted molar refractivity (Wildman–Crippen MR) is 105 cm³/mol. The van der Waals surface area contributed by atoms with E-state index in [0.29, 0.717) is 16.8 Å². The first-order chi connectivity index (χ1) is 12.8. The van der Waals surface area contributed by atoms with Gasteiger partial charge in [-0.1, -0.05) is 12.1 Å². The quantitative estimate of drug-likeness (QED) is 0.410. The zero-order valence-corrected chi connectivity index (χ0v) is 15.1. The average molecular weight is 364 g/mol. The molecule has 0 amide bonds. The van der Waals surface area contributed by atoms with Crippen LogP contribution in [0, 0.1) is 13.8 Å². The maximum Gasteiger partial charge on any atom is 0.253 e. The Bertz CT molecular complexity index is 1100. The van der Waals surface area contributed by atoms with Crippen LogP contribution in [0.4, 0.5) is 17.1 Å². The molecule has 0 spiro atoms. The van der Waals surface area contributed by atoms with Crippen molar-refractivity contribution in [3.63, 3.8) is 0 Å². The maximum atomic E-state index is 12.2. The first-order valence-corrected chi connectivity index (χ1v) is 8.79. The van der Waals surface area contributed by atoms with Gasteiger partial charge in [-0.2, -0.15) is 0 Å². The van der Waals surface area contributed by atoms with Crippen LogP contribution in [0.15, 0.2) is 46.0 Å². The van der Waals surface area contributed by atoms with Crippen molar-refractivity contribution in [3.8, 4) is 11.5 Å². The molecule has 1 aliphatic carbocycles. The molecule has 0 heterocycles. The molecule has 0 aliphatic heterocycles. The molecule has 3 aromatic rings. The minimum absolute atomic E-state index is 0.166. The van der Waals surface area contributed by atoms with Crippen molar-refractivity contribution in [1.82, 2.24) is 0 Å². The number of aryl methyl sites for hydroxylation is 2. The van der Waals surface area contributed by atoms with Crippen molar-refractivity contribution in [2.75, 3.05) is 10.6 Å². The second kappa shape index (κ2) is 5.87. The molecule has 6 nitrogen and oxygen atoms in total. The van der Waals surface area contributed by atoms with E-state index in [2.05, 4.69) is 10.6 Å². The Morgan fingerprint density at radius 1 is 0.926 bits per heavy atom. The summed E-state index contributed by atoms with van der Waals surface area (Å²) >= 11 is 0. The second-order valence-corrected chi connectivity index (χ2v) is 7.25. The number of nitrogens with one attached hydrogen (secondary N) is 2. The summed E-state index contributed by atoms with van der Waals surface area (Å²) in [5, 5.41) is 25.9. The lowest BCUT2D eigenvalue weighted by Gasteiger charge is -2.23. The van der Waals surface area contributed by atoms with Crippen LogP contribution in [0.25, 0.3) is 0 Å². The van der Waals surface area contributed by atoms with Gasteiger partial charge in [-0.15, -0.1) is 0 Å². The van der Waals surface area contributed by atoms with Gasteiger partial charge in [-0.25, -0.2) is 0 Å². The molecule has 4 N–H and O–H groups in total. The van der Waals surface area contributed by atoms with Crippen molar-refractivity contribution in [3.05, 3.63) is 73.5 Å². The Labute approximate surface area is 155 Å². The number of anilines is 3. The largest absolute Gasteiger partial charge is 0.508 e. The van der Waals surface area contributed by atoms with Gasteiger partial charge < -0.3 is 20.8 Å². The molecule has 6 heteroatoms. The fourth-order valence-electron chi connectivity index (χ4n) is 3.46. The molecule has 4 rings (SSSR count). The van der Waals surface area contributed by atoms with Crippen LogP contribution in [0.3, 0.4) is 0 Å². The number of rotatable bonds is 5. The van der Waals surface area contributed by atoms with Gasteiger partial charge in [0.2, 0.25) is 0 Å². The number of phenolic OH excluding ortho intramolecular Hbond substituents is 2. The van der Waals surface area contributed by atoms with Gasteiger partial charge in [0.15, 0.2) is 0 Å². The third-order valence-electron chi connectivity index (χ3n) is 5.18. The summed E-state index contributed by atoms with van der Waals surface area (Å²) in [5.41, 5.74) is 1.85. The molecular formula is C21H20N2O4. The molecular weight excluding hydrogens is 344 g/mol. The van der Waals surface area contributed by atoms with E-state index in [1.807, 2.05) is 6.07 Å². The molecule has 3 aromatic carbocycles. The monoisotopic (exact) mass is 364 g/mol. The minimum Gasteiger partial charge on any atom is -0.508 e. The van der Waals surface area contributed by atoms with Crippen molar-refractivity contribution < 1.29 is 10.2 Å². The standard InChI is InChI=1S/C21H20N2O4/c1-11-8-14(9-12(2)18(11)25)22-16-17(20(27)19(16)26)23-21(6-7-21)13-4-3-5-15(24)10-13/h3-5,8-10,22-25H,6-7H2,1-2H3. The average Bonchev–Trinajstić information content (AvgIpc) is 3.43. The van der Waals surface area contributed by atoms with Crippen LogP contribution in [-0.4, -0.2) is 10.2 Å². The van der Waals surface area contributed by atoms with E-state index in [1.54, 1.807) is 44.2 Å². The van der Waals surface area contributed by atoms with Gasteiger partial charge in [0.25, 0.3) is 10.9 Å². The smallest absolute Gasteiger partial charge is 0.253 e. The molecule has 0 radical (unpaired) electrons. The normalized spacial score (nSPS) is 14.9. The van der Waals surface area contributed by atoms with Crippen LogP contribution in [-0.2, 0) is 5.54 Å². The van der Waals surface area contributed by atoms with Crippen molar-refractivity contribution in [1.29, 1.82) is 0 Å². The van der Waals surface area contributed by atoms with Gasteiger partial charge >= 0.3 is 0 Å². The summed E-state index contributed by atoms with van der Waals surface area (Å²) in [6, 6.07) is 10.4. The summed E-state index contributed by atoms with van der Waals surface area (Å²) in [5.74, 6) is 0.378. The highest BCUT2D eigenvalue weighted by Gasteiger charge is 2.46. The van der Waals surface area contributed by atoms with Crippen LogP contribution < -0.4 is 21.5 Å². The highest BCUT2D eigenvalue weighted by molar-refractivity contribution is 5.80. The maximum absolute atomic E-state index is 12.2. The van der Waals surface area contributed by atoms with E-state index in [-0.39, 0.29) is 22.9 Å². The summed E-state index contributed by atoms with van der Waals surface area (Å²) in [4.78, 5) is 24.3. The molecule has 0 unspecified atom stereocenters. The molecule has 27 heavy (non-hydrogen) atoms. The predicted octanol–water partition coefficient (Wildman–Crippen LogP) is 3.16. The highest BCUT2D eigenvalue weighted by atomic mass is 16.3. The van der Waals surface area contributed by atoms with Crippen molar-refractivity contribution in [2.45, 2.75) is 32.2 Å². The van der Waals surface area contributed by atoms with Crippen molar-refractivity contribution in [2.24, 2.45) is 0 Å². The first-order valence-electron chi connectivity index (χ1n) is 8.79. The van der Waals surface area contributed by atoms with E-state index in [9.17, 15) is 19.8 Å². The SMILES string of the molecule is Cc1cc(Nc2c(NC3(c4cccc(O)c4)CC3)c(=O)c2=O)cc(C)c1O. The molecule has 0 aromatic heterocycles. The van der Waals surface area contributed by atoms with E-state index >= 15 is 0 Å². The van der Waals surface area contributed by atoms with Gasteiger partial charge in [0, 0.05) is 5.69 Å². The Hall–Kier alpha value is -3.28. The number of phenols is 2.